The molecular formula is C11H26IN3O. The molecule has 5 heteroatoms. The quantitative estimate of drug-likeness (QED) is 0.292. The number of nitrogens with one attached hydrogen (secondary N) is 1. The lowest BCUT2D eigenvalue weighted by Gasteiger charge is -2.04. The van der Waals surface area contributed by atoms with Crippen LogP contribution in [0, 0.1) is 0 Å². The molecule has 0 heterocycles. The predicted octanol–water partition coefficient (Wildman–Crippen LogP) is 2.13. The fourth-order valence-electron chi connectivity index (χ4n) is 1.23. The highest BCUT2D eigenvalue weighted by Crippen LogP contribution is 1.96. The lowest BCUT2D eigenvalue weighted by Crippen LogP contribution is -2.32. The molecule has 4 nitrogen and oxygen atoms in total. The van der Waals surface area contributed by atoms with E-state index in [0.717, 1.165) is 26.1 Å². The first-order valence-corrected chi connectivity index (χ1v) is 5.84. The summed E-state index contributed by atoms with van der Waals surface area (Å²) in [5.74, 6) is 0.558. The van der Waals surface area contributed by atoms with Crippen LogP contribution in [0.5, 0.6) is 0 Å². The summed E-state index contributed by atoms with van der Waals surface area (Å²) in [6.07, 6.45) is 5.92. The molecule has 0 saturated carbocycles. The number of hydrogen-bond acceptors (Lipinski definition) is 2. The molecule has 0 aliphatic rings. The van der Waals surface area contributed by atoms with Crippen molar-refractivity contribution in [3.63, 3.8) is 0 Å². The number of hydrogen-bond donors (Lipinski definition) is 2. The third kappa shape index (κ3) is 14.0. The Kier molecular flexibility index (Phi) is 17.1. The van der Waals surface area contributed by atoms with E-state index in [1.54, 1.807) is 7.11 Å². The summed E-state index contributed by atoms with van der Waals surface area (Å²) in [7, 11) is 1.69. The Morgan fingerprint density at radius 1 is 1.25 bits per heavy atom. The van der Waals surface area contributed by atoms with Gasteiger partial charge < -0.3 is 15.8 Å². The average Bonchev–Trinajstić information content (AvgIpc) is 2.24. The van der Waals surface area contributed by atoms with Crippen LogP contribution in [0.4, 0.5) is 0 Å². The molecular weight excluding hydrogens is 317 g/mol. The second kappa shape index (κ2) is 15.0. The zero-order chi connectivity index (χ0) is 11.4. The first kappa shape index (κ1) is 18.3. The SMILES string of the molecule is CCCCCCNC(N)=NCCCOC.I. The van der Waals surface area contributed by atoms with Gasteiger partial charge >= 0.3 is 0 Å². The molecule has 0 unspecified atom stereocenters. The Bertz CT molecular complexity index is 165. The van der Waals surface area contributed by atoms with E-state index in [1.165, 1.54) is 25.7 Å². The fraction of sp³-hybridized carbons (Fsp3) is 0.909. The summed E-state index contributed by atoms with van der Waals surface area (Å²) in [5, 5.41) is 3.11. The van der Waals surface area contributed by atoms with E-state index in [4.69, 9.17) is 10.5 Å². The van der Waals surface area contributed by atoms with Crippen LogP contribution < -0.4 is 11.1 Å². The minimum atomic E-state index is 0. The van der Waals surface area contributed by atoms with Crippen LogP contribution in [0.2, 0.25) is 0 Å². The molecule has 16 heavy (non-hydrogen) atoms. The third-order valence-corrected chi connectivity index (χ3v) is 2.13. The minimum absolute atomic E-state index is 0. The number of nitrogens with zero attached hydrogens (tertiary/aromatic N) is 1. The number of nitrogens with two attached hydrogens (primary N) is 1. The third-order valence-electron chi connectivity index (χ3n) is 2.13. The van der Waals surface area contributed by atoms with Gasteiger partial charge in [0.1, 0.15) is 0 Å². The van der Waals surface area contributed by atoms with Gasteiger partial charge in [-0.2, -0.15) is 0 Å². The summed E-state index contributed by atoms with van der Waals surface area (Å²) in [6, 6.07) is 0. The molecule has 0 atom stereocenters. The van der Waals surface area contributed by atoms with Crippen molar-refractivity contribution >= 4 is 29.9 Å². The molecule has 0 aromatic carbocycles. The largest absolute Gasteiger partial charge is 0.385 e. The van der Waals surface area contributed by atoms with E-state index < -0.39 is 0 Å². The van der Waals surface area contributed by atoms with Crippen LogP contribution in [-0.2, 0) is 4.74 Å². The first-order chi connectivity index (χ1) is 7.31. The van der Waals surface area contributed by atoms with Crippen molar-refractivity contribution < 1.29 is 4.74 Å². The molecule has 0 aliphatic heterocycles. The maximum absolute atomic E-state index is 5.67. The molecule has 98 valence electrons. The van der Waals surface area contributed by atoms with Crippen molar-refractivity contribution in [2.45, 2.75) is 39.0 Å². The van der Waals surface area contributed by atoms with Crippen LogP contribution in [0.3, 0.4) is 0 Å². The van der Waals surface area contributed by atoms with Crippen LogP contribution in [0.25, 0.3) is 0 Å². The second-order valence-corrected chi connectivity index (χ2v) is 3.60. The highest BCUT2D eigenvalue weighted by atomic mass is 127. The van der Waals surface area contributed by atoms with Gasteiger partial charge in [-0.15, -0.1) is 24.0 Å². The summed E-state index contributed by atoms with van der Waals surface area (Å²) < 4.78 is 4.92. The van der Waals surface area contributed by atoms with Gasteiger partial charge in [0.25, 0.3) is 0 Å². The summed E-state index contributed by atoms with van der Waals surface area (Å²) in [4.78, 5) is 4.18. The molecule has 0 fully saturated rings. The molecule has 3 N–H and O–H groups in total. The normalized spacial score (nSPS) is 11.0. The van der Waals surface area contributed by atoms with E-state index in [9.17, 15) is 0 Å². The maximum Gasteiger partial charge on any atom is 0.188 e. The van der Waals surface area contributed by atoms with Gasteiger partial charge in [-0.1, -0.05) is 26.2 Å². The fourth-order valence-corrected chi connectivity index (χ4v) is 1.23. The van der Waals surface area contributed by atoms with Gasteiger partial charge in [0, 0.05) is 26.8 Å². The molecule has 0 aromatic heterocycles. The van der Waals surface area contributed by atoms with Crippen LogP contribution in [-0.4, -0.2) is 32.8 Å². The zero-order valence-corrected chi connectivity index (χ0v) is 12.8. The number of unbranched alkanes of at least 4 members (excludes halogenated alkanes) is 3. The summed E-state index contributed by atoms with van der Waals surface area (Å²) >= 11 is 0. The van der Waals surface area contributed by atoms with E-state index in [-0.39, 0.29) is 24.0 Å². The predicted molar refractivity (Wildman–Crippen MR) is 80.5 cm³/mol. The van der Waals surface area contributed by atoms with Crippen LogP contribution in [0.15, 0.2) is 4.99 Å². The Balaban J connectivity index is 0. The second-order valence-electron chi connectivity index (χ2n) is 3.60. The molecule has 0 aliphatic carbocycles. The number of ether oxygens (including phenoxy) is 1. The van der Waals surface area contributed by atoms with Gasteiger partial charge in [0.05, 0.1) is 0 Å². The number of aliphatic imine (C=N–C) groups is 1. The van der Waals surface area contributed by atoms with Gasteiger partial charge in [-0.3, -0.25) is 4.99 Å². The maximum atomic E-state index is 5.67. The van der Waals surface area contributed by atoms with E-state index in [2.05, 4.69) is 17.2 Å². The number of guanidine groups is 1. The Hall–Kier alpha value is -0.0400. The Morgan fingerprint density at radius 3 is 2.62 bits per heavy atom. The average molecular weight is 343 g/mol. The van der Waals surface area contributed by atoms with Gasteiger partial charge in [-0.05, 0) is 12.8 Å². The van der Waals surface area contributed by atoms with Crippen LogP contribution in [0.1, 0.15) is 39.0 Å². The van der Waals surface area contributed by atoms with Crippen LogP contribution >= 0.6 is 24.0 Å². The monoisotopic (exact) mass is 343 g/mol. The van der Waals surface area contributed by atoms with Gasteiger partial charge in [-0.25, -0.2) is 0 Å². The number of methoxy groups -OCH3 is 1. The standard InChI is InChI=1S/C11H25N3O.HI/c1-3-4-5-6-8-13-11(12)14-9-7-10-15-2;/h3-10H2,1-2H3,(H3,12,13,14);1H. The molecule has 0 aromatic rings. The Labute approximate surface area is 116 Å². The lowest BCUT2D eigenvalue weighted by molar-refractivity contribution is 0.197. The minimum Gasteiger partial charge on any atom is -0.385 e. The van der Waals surface area contributed by atoms with E-state index >= 15 is 0 Å². The number of halogens is 1. The molecule has 0 saturated heterocycles. The topological polar surface area (TPSA) is 59.6 Å². The van der Waals surface area contributed by atoms with Crippen molar-refractivity contribution in [2.24, 2.45) is 10.7 Å². The van der Waals surface area contributed by atoms with Crippen molar-refractivity contribution in [1.82, 2.24) is 5.32 Å². The molecule has 0 radical (unpaired) electrons. The summed E-state index contributed by atoms with van der Waals surface area (Å²) in [5.41, 5.74) is 5.67. The zero-order valence-electron chi connectivity index (χ0n) is 10.5. The lowest BCUT2D eigenvalue weighted by atomic mass is 10.2. The highest BCUT2D eigenvalue weighted by Gasteiger charge is 1.91. The molecule has 0 bridgehead atoms. The van der Waals surface area contributed by atoms with Crippen molar-refractivity contribution in [2.75, 3.05) is 26.8 Å². The van der Waals surface area contributed by atoms with Gasteiger partial charge in [0.15, 0.2) is 5.96 Å². The highest BCUT2D eigenvalue weighted by molar-refractivity contribution is 14.0. The first-order valence-electron chi connectivity index (χ1n) is 5.84. The van der Waals surface area contributed by atoms with Crippen molar-refractivity contribution in [1.29, 1.82) is 0 Å². The molecule has 0 rings (SSSR count). The van der Waals surface area contributed by atoms with Gasteiger partial charge in [0.2, 0.25) is 0 Å². The smallest absolute Gasteiger partial charge is 0.188 e. The molecule has 0 amide bonds. The summed E-state index contributed by atoms with van der Waals surface area (Å²) in [6.45, 7) is 4.62. The number of rotatable bonds is 9. The van der Waals surface area contributed by atoms with Crippen molar-refractivity contribution in [3.8, 4) is 0 Å². The van der Waals surface area contributed by atoms with E-state index in [0.29, 0.717) is 5.96 Å². The molecule has 0 spiro atoms. The van der Waals surface area contributed by atoms with Crippen molar-refractivity contribution in [3.05, 3.63) is 0 Å². The van der Waals surface area contributed by atoms with E-state index in [1.807, 2.05) is 0 Å². The Morgan fingerprint density at radius 2 is 2.00 bits per heavy atom.